The molecule has 0 radical (unpaired) electrons. The first-order chi connectivity index (χ1) is 17.9. The number of hydrogen-bond acceptors (Lipinski definition) is 5. The van der Waals surface area contributed by atoms with Crippen LogP contribution >= 0.6 is 0 Å². The molecule has 0 saturated heterocycles. The van der Waals surface area contributed by atoms with Gasteiger partial charge in [-0.15, -0.1) is 0 Å². The number of esters is 2. The predicted octanol–water partition coefficient (Wildman–Crippen LogP) is 7.46. The largest absolute Gasteiger partial charge is 0.465 e. The van der Waals surface area contributed by atoms with E-state index in [-0.39, 0.29) is 62.4 Å². The number of ketones is 1. The Balaban J connectivity index is 1.53. The van der Waals surface area contributed by atoms with E-state index < -0.39 is 0 Å². The van der Waals surface area contributed by atoms with Gasteiger partial charge in [-0.1, -0.05) is 60.1 Å². The second-order valence-electron chi connectivity index (χ2n) is 16.2. The van der Waals surface area contributed by atoms with E-state index in [1.165, 1.54) is 19.4 Å². The van der Waals surface area contributed by atoms with Crippen molar-refractivity contribution in [3.8, 4) is 0 Å². The molecule has 0 bridgehead atoms. The summed E-state index contributed by atoms with van der Waals surface area (Å²) in [5.74, 6) is 0.583. The molecule has 39 heavy (non-hydrogen) atoms. The molecule has 0 aromatic rings. The van der Waals surface area contributed by atoms with E-state index in [2.05, 4.69) is 54.5 Å². The monoisotopic (exact) mass is 540 g/mol. The summed E-state index contributed by atoms with van der Waals surface area (Å²) in [5, 5.41) is 0. The first-order valence-corrected chi connectivity index (χ1v) is 15.5. The van der Waals surface area contributed by atoms with Crippen molar-refractivity contribution in [3.63, 3.8) is 0 Å². The molecule has 0 N–H and O–H groups in total. The zero-order valence-corrected chi connectivity index (χ0v) is 26.0. The Morgan fingerprint density at radius 2 is 1.54 bits per heavy atom. The van der Waals surface area contributed by atoms with Gasteiger partial charge in [-0.2, -0.15) is 0 Å². The lowest BCUT2D eigenvalue weighted by Gasteiger charge is -2.70. The van der Waals surface area contributed by atoms with Gasteiger partial charge in [0.05, 0.1) is 6.61 Å². The van der Waals surface area contributed by atoms with Crippen molar-refractivity contribution < 1.29 is 23.9 Å². The van der Waals surface area contributed by atoms with Gasteiger partial charge in [0, 0.05) is 37.0 Å². The van der Waals surface area contributed by atoms with Crippen LogP contribution in [0.25, 0.3) is 0 Å². The first kappa shape index (κ1) is 28.9. The molecule has 5 aliphatic rings. The SMILES string of the molecule is CC(=O)OC[C@]1(C)CC[C@]2(C)CC[C@]3(C)[C@@H]4C(=O)C[C@H]5C(C)(C)[C@H](OC(C)=O)CC[C@]5(C)C4=CC[C@@]3(C)[C@@H]2C1. The van der Waals surface area contributed by atoms with E-state index in [1.54, 1.807) is 0 Å². The van der Waals surface area contributed by atoms with E-state index in [4.69, 9.17) is 9.47 Å². The van der Waals surface area contributed by atoms with E-state index in [0.717, 1.165) is 51.4 Å². The van der Waals surface area contributed by atoms with Gasteiger partial charge in [0.25, 0.3) is 0 Å². The van der Waals surface area contributed by atoms with Gasteiger partial charge in [0.2, 0.25) is 0 Å². The van der Waals surface area contributed by atoms with Crippen molar-refractivity contribution in [2.24, 2.45) is 50.2 Å². The standard InChI is InChI=1S/C34H52O5/c1-21(35)38-20-30(5)14-15-31(6)16-17-34(9)28-23(10-13-33(34,8)26(31)19-30)32(7)12-11-27(39-22(2)36)29(3,4)25(32)18-24(28)37/h10,25-28H,11-20H2,1-9H3/t25-,26+,27+,28-,30+,31+,32+,33-,34+/m0/s1. The highest BCUT2D eigenvalue weighted by Crippen LogP contribution is 2.75. The third-order valence-corrected chi connectivity index (χ3v) is 13.6. The fraction of sp³-hybridized carbons (Fsp3) is 0.853. The molecule has 0 heterocycles. The zero-order valence-electron chi connectivity index (χ0n) is 26.0. The number of hydrogen-bond donors (Lipinski definition) is 0. The maximum atomic E-state index is 14.4. The average Bonchev–Trinajstić information content (AvgIpc) is 2.83. The third-order valence-electron chi connectivity index (χ3n) is 13.6. The zero-order chi connectivity index (χ0) is 28.8. The highest BCUT2D eigenvalue weighted by Gasteiger charge is 2.69. The number of Topliss-reactive ketones (excluding diaryl/α,β-unsaturated/α-hetero) is 1. The van der Waals surface area contributed by atoms with Crippen LogP contribution in [0.5, 0.6) is 0 Å². The molecule has 9 atom stereocenters. The number of carbonyl (C=O) groups is 3. The molecule has 5 nitrogen and oxygen atoms in total. The topological polar surface area (TPSA) is 69.7 Å². The van der Waals surface area contributed by atoms with Crippen LogP contribution in [0, 0.1) is 50.2 Å². The highest BCUT2D eigenvalue weighted by atomic mass is 16.5. The maximum Gasteiger partial charge on any atom is 0.302 e. The van der Waals surface area contributed by atoms with Crippen molar-refractivity contribution in [2.75, 3.05) is 6.61 Å². The Morgan fingerprint density at radius 1 is 0.872 bits per heavy atom. The van der Waals surface area contributed by atoms with Crippen molar-refractivity contribution in [1.82, 2.24) is 0 Å². The second-order valence-corrected chi connectivity index (χ2v) is 16.2. The Morgan fingerprint density at radius 3 is 2.18 bits per heavy atom. The molecule has 4 saturated carbocycles. The number of fused-ring (bicyclic) bond motifs is 7. The molecule has 5 heteroatoms. The number of allylic oxidation sites excluding steroid dienone is 2. The molecule has 0 amide bonds. The summed E-state index contributed by atoms with van der Waals surface area (Å²) < 4.78 is 11.4. The normalized spacial score (nSPS) is 48.4. The van der Waals surface area contributed by atoms with Crippen LogP contribution in [0.4, 0.5) is 0 Å². The maximum absolute atomic E-state index is 14.4. The minimum absolute atomic E-state index is 0.00931. The molecular formula is C34H52O5. The first-order valence-electron chi connectivity index (χ1n) is 15.5. The third kappa shape index (κ3) is 4.09. The Bertz CT molecular complexity index is 1100. The van der Waals surface area contributed by atoms with Crippen molar-refractivity contribution in [2.45, 2.75) is 126 Å². The number of carbonyl (C=O) groups excluding carboxylic acids is 3. The lowest BCUT2D eigenvalue weighted by Crippen LogP contribution is -2.65. The van der Waals surface area contributed by atoms with Crippen LogP contribution in [0.15, 0.2) is 11.6 Å². The van der Waals surface area contributed by atoms with Crippen molar-refractivity contribution >= 4 is 17.7 Å². The Kier molecular flexibility index (Phi) is 6.60. The van der Waals surface area contributed by atoms with Crippen LogP contribution in [-0.4, -0.2) is 30.4 Å². The lowest BCUT2D eigenvalue weighted by atomic mass is 9.33. The molecule has 5 aliphatic carbocycles. The smallest absolute Gasteiger partial charge is 0.302 e. The van der Waals surface area contributed by atoms with Gasteiger partial charge < -0.3 is 9.47 Å². The van der Waals surface area contributed by atoms with Gasteiger partial charge in [-0.05, 0) is 84.9 Å². The minimum Gasteiger partial charge on any atom is -0.465 e. The van der Waals surface area contributed by atoms with Crippen molar-refractivity contribution in [1.29, 1.82) is 0 Å². The Labute approximate surface area is 236 Å². The summed E-state index contributed by atoms with van der Waals surface area (Å²) in [4.78, 5) is 38.0. The molecule has 0 aliphatic heterocycles. The van der Waals surface area contributed by atoms with Crippen LogP contribution in [0.2, 0.25) is 0 Å². The molecule has 0 spiro atoms. The quantitative estimate of drug-likeness (QED) is 0.274. The summed E-state index contributed by atoms with van der Waals surface area (Å²) in [6, 6.07) is 0. The van der Waals surface area contributed by atoms with Gasteiger partial charge in [-0.25, -0.2) is 0 Å². The van der Waals surface area contributed by atoms with Crippen LogP contribution in [0.1, 0.15) is 120 Å². The molecule has 218 valence electrons. The molecule has 4 fully saturated rings. The number of rotatable bonds is 3. The van der Waals surface area contributed by atoms with E-state index in [0.29, 0.717) is 24.7 Å². The number of ether oxygens (including phenoxy) is 2. The Hall–Kier alpha value is -1.65. The fourth-order valence-corrected chi connectivity index (χ4v) is 10.8. The summed E-state index contributed by atoms with van der Waals surface area (Å²) in [6.45, 7) is 20.1. The summed E-state index contributed by atoms with van der Waals surface area (Å²) >= 11 is 0. The minimum atomic E-state index is -0.255. The molecular weight excluding hydrogens is 488 g/mol. The van der Waals surface area contributed by atoms with Crippen LogP contribution < -0.4 is 0 Å². The predicted molar refractivity (Wildman–Crippen MR) is 152 cm³/mol. The lowest BCUT2D eigenvalue weighted by molar-refractivity contribution is -0.196. The van der Waals surface area contributed by atoms with Gasteiger partial charge >= 0.3 is 11.9 Å². The van der Waals surface area contributed by atoms with Crippen LogP contribution in [0.3, 0.4) is 0 Å². The van der Waals surface area contributed by atoms with Crippen molar-refractivity contribution in [3.05, 3.63) is 11.6 Å². The molecule has 0 aromatic heterocycles. The molecule has 5 rings (SSSR count). The van der Waals surface area contributed by atoms with Gasteiger partial charge in [0.15, 0.2) is 0 Å². The van der Waals surface area contributed by atoms with Gasteiger partial charge in [-0.3, -0.25) is 14.4 Å². The molecule has 0 aromatic carbocycles. The summed E-state index contributed by atoms with van der Waals surface area (Å²) in [5.41, 5.74) is 1.23. The summed E-state index contributed by atoms with van der Waals surface area (Å²) in [6.07, 6.45) is 11.3. The van der Waals surface area contributed by atoms with E-state index in [9.17, 15) is 14.4 Å². The van der Waals surface area contributed by atoms with E-state index in [1.807, 2.05) is 0 Å². The van der Waals surface area contributed by atoms with Gasteiger partial charge in [0.1, 0.15) is 11.9 Å². The highest BCUT2D eigenvalue weighted by molar-refractivity contribution is 5.87. The molecule has 0 unspecified atom stereocenters. The second kappa shape index (κ2) is 8.92. The average molecular weight is 541 g/mol. The van der Waals surface area contributed by atoms with E-state index >= 15 is 0 Å². The fourth-order valence-electron chi connectivity index (χ4n) is 10.8. The summed E-state index contributed by atoms with van der Waals surface area (Å²) in [7, 11) is 0. The van der Waals surface area contributed by atoms with Crippen LogP contribution in [-0.2, 0) is 23.9 Å².